The van der Waals surface area contributed by atoms with Gasteiger partial charge in [-0.1, -0.05) is 0 Å². The van der Waals surface area contributed by atoms with Crippen LogP contribution in [0.1, 0.15) is 32.1 Å². The summed E-state index contributed by atoms with van der Waals surface area (Å²) in [6.45, 7) is 3.19. The van der Waals surface area contributed by atoms with Gasteiger partial charge in [-0.2, -0.15) is 0 Å². The Labute approximate surface area is 206 Å². The number of rotatable bonds is 8. The van der Waals surface area contributed by atoms with E-state index in [1.165, 1.54) is 24.3 Å². The zero-order valence-corrected chi connectivity index (χ0v) is 20.3. The van der Waals surface area contributed by atoms with Crippen LogP contribution in [-0.2, 0) is 0 Å². The molecule has 0 aliphatic carbocycles. The first-order valence-corrected chi connectivity index (χ1v) is 12.9. The Morgan fingerprint density at radius 2 is 1.06 bits per heavy atom. The van der Waals surface area contributed by atoms with Gasteiger partial charge >= 0.3 is 0 Å². The lowest BCUT2D eigenvalue weighted by Crippen LogP contribution is -2.47. The van der Waals surface area contributed by atoms with Crippen LogP contribution in [0.25, 0.3) is 0 Å². The van der Waals surface area contributed by atoms with Gasteiger partial charge in [0, 0.05) is 49.4 Å². The highest BCUT2D eigenvalue weighted by Gasteiger charge is 2.38. The molecule has 2 atom stereocenters. The average molecular weight is 493 g/mol. The predicted octanol–water partition coefficient (Wildman–Crippen LogP) is 5.06. The molecular formula is C27H35ClF2N2O2. The second-order valence-corrected chi connectivity index (χ2v) is 10.1. The van der Waals surface area contributed by atoms with Crippen LogP contribution >= 0.6 is 11.6 Å². The molecule has 0 saturated carbocycles. The minimum atomic E-state index is -0.598. The summed E-state index contributed by atoms with van der Waals surface area (Å²) < 4.78 is 26.5. The fourth-order valence-corrected chi connectivity index (χ4v) is 5.92. The molecule has 0 bridgehead atoms. The highest BCUT2D eigenvalue weighted by atomic mass is 35.5. The Balaban J connectivity index is 1.32. The second kappa shape index (κ2) is 11.7. The zero-order valence-electron chi connectivity index (χ0n) is 19.5. The Hall–Kier alpha value is -1.89. The van der Waals surface area contributed by atoms with Gasteiger partial charge in [0.15, 0.2) is 0 Å². The molecule has 34 heavy (non-hydrogen) atoms. The summed E-state index contributed by atoms with van der Waals surface area (Å²) in [6, 6.07) is 13.1. The number of alkyl halides is 1. The molecule has 2 saturated heterocycles. The number of anilines is 2. The number of nitrogens with zero attached hydrogens (tertiary/aromatic N) is 2. The third-order valence-corrected chi connectivity index (χ3v) is 7.97. The van der Waals surface area contributed by atoms with Crippen molar-refractivity contribution in [3.8, 4) is 0 Å². The van der Waals surface area contributed by atoms with Gasteiger partial charge in [0.05, 0.1) is 12.2 Å². The number of benzene rings is 2. The maximum Gasteiger partial charge on any atom is 0.123 e. The molecule has 0 spiro atoms. The van der Waals surface area contributed by atoms with Crippen molar-refractivity contribution in [3.63, 3.8) is 0 Å². The molecule has 0 radical (unpaired) electrons. The standard InChI is InChI=1S/C27H35ClF2N2O2/c28-14-9-25(26(33)19-10-15-31(16-11-19)23-5-1-21(29)2-6-23)27(34)20-12-17-32(18-13-20)24-7-3-22(30)4-8-24/h1-8,19-20,25-27,33-34H,9-18H2. The molecule has 2 aliphatic heterocycles. The Kier molecular flexibility index (Phi) is 8.67. The summed E-state index contributed by atoms with van der Waals surface area (Å²) in [6.07, 6.45) is 2.69. The minimum absolute atomic E-state index is 0.110. The van der Waals surface area contributed by atoms with E-state index in [0.29, 0.717) is 12.3 Å². The maximum atomic E-state index is 13.2. The highest BCUT2D eigenvalue weighted by molar-refractivity contribution is 6.17. The number of aliphatic hydroxyl groups excluding tert-OH is 2. The summed E-state index contributed by atoms with van der Waals surface area (Å²) in [7, 11) is 0. The van der Waals surface area contributed by atoms with Crippen molar-refractivity contribution >= 4 is 23.0 Å². The van der Waals surface area contributed by atoms with Gasteiger partial charge in [0.1, 0.15) is 11.6 Å². The van der Waals surface area contributed by atoms with Crippen LogP contribution in [0.3, 0.4) is 0 Å². The summed E-state index contributed by atoms with van der Waals surface area (Å²) >= 11 is 6.09. The Morgan fingerprint density at radius 3 is 1.38 bits per heavy atom. The molecule has 4 nitrogen and oxygen atoms in total. The lowest BCUT2D eigenvalue weighted by molar-refractivity contribution is -0.0524. The molecular weight excluding hydrogens is 458 g/mol. The molecule has 2 aromatic rings. The molecule has 7 heteroatoms. The van der Waals surface area contributed by atoms with E-state index < -0.39 is 12.2 Å². The van der Waals surface area contributed by atoms with Gasteiger partial charge in [-0.05, 0) is 92.5 Å². The van der Waals surface area contributed by atoms with Crippen molar-refractivity contribution in [2.75, 3.05) is 41.9 Å². The van der Waals surface area contributed by atoms with E-state index in [1.807, 2.05) is 0 Å². The number of hydrogen-bond acceptors (Lipinski definition) is 4. The largest absolute Gasteiger partial charge is 0.392 e. The van der Waals surface area contributed by atoms with E-state index >= 15 is 0 Å². The monoisotopic (exact) mass is 492 g/mol. The Morgan fingerprint density at radius 1 is 0.706 bits per heavy atom. The lowest BCUT2D eigenvalue weighted by Gasteiger charge is -2.42. The molecule has 2 N–H and O–H groups in total. The van der Waals surface area contributed by atoms with E-state index in [-0.39, 0.29) is 29.4 Å². The van der Waals surface area contributed by atoms with Gasteiger partial charge in [-0.25, -0.2) is 8.78 Å². The highest BCUT2D eigenvalue weighted by Crippen LogP contribution is 2.35. The van der Waals surface area contributed by atoms with Gasteiger partial charge < -0.3 is 20.0 Å². The van der Waals surface area contributed by atoms with E-state index in [1.54, 1.807) is 24.3 Å². The van der Waals surface area contributed by atoms with Crippen LogP contribution in [-0.4, -0.2) is 54.5 Å². The average Bonchev–Trinajstić information content (AvgIpc) is 2.88. The summed E-state index contributed by atoms with van der Waals surface area (Å²) in [5, 5.41) is 22.6. The molecule has 2 aliphatic rings. The van der Waals surface area contributed by atoms with Crippen molar-refractivity contribution in [1.29, 1.82) is 0 Å². The maximum absolute atomic E-state index is 13.2. The van der Waals surface area contributed by atoms with Gasteiger partial charge in [-0.3, -0.25) is 0 Å². The van der Waals surface area contributed by atoms with Crippen LogP contribution < -0.4 is 9.80 Å². The molecule has 2 aromatic carbocycles. The normalized spacial score (nSPS) is 20.9. The van der Waals surface area contributed by atoms with Crippen molar-refractivity contribution in [3.05, 3.63) is 60.2 Å². The quantitative estimate of drug-likeness (QED) is 0.505. The molecule has 0 aromatic heterocycles. The first kappa shape index (κ1) is 25.2. The first-order valence-electron chi connectivity index (χ1n) is 12.4. The molecule has 2 fully saturated rings. The molecule has 2 heterocycles. The smallest absolute Gasteiger partial charge is 0.123 e. The van der Waals surface area contributed by atoms with Crippen LogP contribution in [0.4, 0.5) is 20.2 Å². The number of aliphatic hydroxyl groups is 2. The molecule has 2 unspecified atom stereocenters. The number of piperidine rings is 2. The summed E-state index contributed by atoms with van der Waals surface area (Å²) in [5.41, 5.74) is 2.00. The van der Waals surface area contributed by atoms with Gasteiger partial charge in [0.2, 0.25) is 0 Å². The van der Waals surface area contributed by atoms with Crippen LogP contribution in [0.2, 0.25) is 0 Å². The summed E-state index contributed by atoms with van der Waals surface area (Å²) in [4.78, 5) is 4.45. The lowest BCUT2D eigenvalue weighted by atomic mass is 9.75. The topological polar surface area (TPSA) is 46.9 Å². The first-order chi connectivity index (χ1) is 16.5. The van der Waals surface area contributed by atoms with Crippen LogP contribution in [0.5, 0.6) is 0 Å². The van der Waals surface area contributed by atoms with Gasteiger partial charge in [0.25, 0.3) is 0 Å². The Bertz CT molecular complexity index is 811. The fraction of sp³-hybridized carbons (Fsp3) is 0.556. The predicted molar refractivity (Wildman–Crippen MR) is 134 cm³/mol. The van der Waals surface area contributed by atoms with Crippen LogP contribution in [0, 0.1) is 29.4 Å². The molecule has 0 amide bonds. The SMILES string of the molecule is OC(C1CCN(c2ccc(F)cc2)CC1)C(CCCl)C(O)C1CCN(c2ccc(F)cc2)CC1. The number of halogens is 3. The fourth-order valence-electron chi connectivity index (χ4n) is 5.67. The third-order valence-electron chi connectivity index (χ3n) is 7.75. The van der Waals surface area contributed by atoms with E-state index in [2.05, 4.69) is 9.80 Å². The minimum Gasteiger partial charge on any atom is -0.392 e. The third kappa shape index (κ3) is 6.02. The summed E-state index contributed by atoms with van der Waals surface area (Å²) in [5.74, 6) is -0.104. The van der Waals surface area contributed by atoms with Crippen molar-refractivity contribution in [1.82, 2.24) is 0 Å². The second-order valence-electron chi connectivity index (χ2n) is 9.72. The van der Waals surface area contributed by atoms with Crippen molar-refractivity contribution in [2.24, 2.45) is 17.8 Å². The van der Waals surface area contributed by atoms with Crippen LogP contribution in [0.15, 0.2) is 48.5 Å². The number of hydrogen-bond donors (Lipinski definition) is 2. The molecule has 4 rings (SSSR count). The molecule has 186 valence electrons. The van der Waals surface area contributed by atoms with Crippen molar-refractivity contribution in [2.45, 2.75) is 44.3 Å². The van der Waals surface area contributed by atoms with E-state index in [9.17, 15) is 19.0 Å². The van der Waals surface area contributed by atoms with E-state index in [4.69, 9.17) is 11.6 Å². The van der Waals surface area contributed by atoms with Gasteiger partial charge in [-0.15, -0.1) is 11.6 Å². The zero-order chi connectivity index (χ0) is 24.1. The van der Waals surface area contributed by atoms with E-state index in [0.717, 1.165) is 63.2 Å². The van der Waals surface area contributed by atoms with Crippen molar-refractivity contribution < 1.29 is 19.0 Å².